The van der Waals surface area contributed by atoms with E-state index >= 15 is 0 Å². The highest BCUT2D eigenvalue weighted by atomic mass is 16.5. The molecule has 0 aromatic heterocycles. The van der Waals surface area contributed by atoms with Crippen molar-refractivity contribution in [1.82, 2.24) is 9.80 Å². The first kappa shape index (κ1) is 23.3. The molecule has 1 fully saturated rings. The largest absolute Gasteiger partial charge is 0.494 e. The van der Waals surface area contributed by atoms with Gasteiger partial charge < -0.3 is 15.0 Å². The molecule has 0 saturated carbocycles. The molecule has 1 aliphatic heterocycles. The number of piperazine rings is 1. The minimum Gasteiger partial charge on any atom is -0.494 e. The lowest BCUT2D eigenvalue weighted by molar-refractivity contribution is -0.116. The summed E-state index contributed by atoms with van der Waals surface area (Å²) in [6, 6.07) is 16.4. The number of nitrogens with zero attached hydrogens (tertiary/aromatic N) is 2. The minimum absolute atomic E-state index is 0.0264. The molecule has 0 radical (unpaired) electrons. The molecular weight excluding hydrogens is 386 g/mol. The topological polar surface area (TPSA) is 44.8 Å². The van der Waals surface area contributed by atoms with Gasteiger partial charge in [0.1, 0.15) is 5.75 Å². The van der Waals surface area contributed by atoms with Crippen molar-refractivity contribution in [1.29, 1.82) is 0 Å². The van der Waals surface area contributed by atoms with Gasteiger partial charge in [-0.15, -0.1) is 0 Å². The van der Waals surface area contributed by atoms with Crippen molar-refractivity contribution in [2.75, 3.05) is 45.2 Å². The van der Waals surface area contributed by atoms with Crippen LogP contribution in [0.4, 0.5) is 5.69 Å². The van der Waals surface area contributed by atoms with Gasteiger partial charge in [0.05, 0.1) is 6.61 Å². The molecule has 0 atom stereocenters. The Hall–Kier alpha value is -2.37. The summed E-state index contributed by atoms with van der Waals surface area (Å²) in [5.74, 6) is 0.878. The Balaban J connectivity index is 1.35. The van der Waals surface area contributed by atoms with Gasteiger partial charge in [0.2, 0.25) is 5.91 Å². The van der Waals surface area contributed by atoms with Gasteiger partial charge in [-0.1, -0.05) is 45.0 Å². The van der Waals surface area contributed by atoms with Crippen LogP contribution in [0.25, 0.3) is 0 Å². The van der Waals surface area contributed by atoms with Gasteiger partial charge in [-0.3, -0.25) is 9.69 Å². The smallest absolute Gasteiger partial charge is 0.224 e. The van der Waals surface area contributed by atoms with Crippen molar-refractivity contribution >= 4 is 11.6 Å². The number of amides is 1. The maximum atomic E-state index is 12.2. The Morgan fingerprint density at radius 3 is 2.23 bits per heavy atom. The van der Waals surface area contributed by atoms with Gasteiger partial charge in [0.25, 0.3) is 0 Å². The quantitative estimate of drug-likeness (QED) is 0.634. The van der Waals surface area contributed by atoms with Crippen molar-refractivity contribution in [2.45, 2.75) is 45.6 Å². The fourth-order valence-electron chi connectivity index (χ4n) is 3.66. The standard InChI is InChI=1S/C26H37N3O2/c1-26(2,3)22-9-13-24(14-10-22)31-19-5-6-25(30)27-23-11-7-21(8-12-23)20-29-17-15-28(4)16-18-29/h7-14H,5-6,15-20H2,1-4H3,(H,27,30). The number of ether oxygens (including phenoxy) is 1. The van der Waals surface area contributed by atoms with E-state index in [1.54, 1.807) is 0 Å². The molecular formula is C26H37N3O2. The second-order valence-corrected chi connectivity index (χ2v) is 9.55. The molecule has 1 aliphatic rings. The Morgan fingerprint density at radius 2 is 1.61 bits per heavy atom. The van der Waals surface area contributed by atoms with Crippen LogP contribution in [-0.2, 0) is 16.8 Å². The molecule has 1 N–H and O–H groups in total. The highest BCUT2D eigenvalue weighted by Crippen LogP contribution is 2.24. The van der Waals surface area contributed by atoms with E-state index in [0.717, 1.165) is 44.2 Å². The van der Waals surface area contributed by atoms with Crippen molar-refractivity contribution < 1.29 is 9.53 Å². The third-order valence-electron chi connectivity index (χ3n) is 5.78. The van der Waals surface area contributed by atoms with E-state index in [1.165, 1.54) is 11.1 Å². The van der Waals surface area contributed by atoms with E-state index in [-0.39, 0.29) is 11.3 Å². The molecule has 5 nitrogen and oxygen atoms in total. The number of likely N-dealkylation sites (N-methyl/N-ethyl adjacent to an activating group) is 1. The average Bonchev–Trinajstić information content (AvgIpc) is 2.74. The summed E-state index contributed by atoms with van der Waals surface area (Å²) in [4.78, 5) is 17.1. The van der Waals surface area contributed by atoms with Gasteiger partial charge in [-0.25, -0.2) is 0 Å². The molecule has 5 heteroatoms. The molecule has 3 rings (SSSR count). The van der Waals surface area contributed by atoms with Gasteiger partial charge in [0, 0.05) is 44.8 Å². The van der Waals surface area contributed by atoms with Gasteiger partial charge in [-0.2, -0.15) is 0 Å². The molecule has 1 amide bonds. The van der Waals surface area contributed by atoms with Crippen LogP contribution >= 0.6 is 0 Å². The second-order valence-electron chi connectivity index (χ2n) is 9.55. The third-order valence-corrected chi connectivity index (χ3v) is 5.78. The van der Waals surface area contributed by atoms with E-state index in [2.05, 4.69) is 67.2 Å². The Morgan fingerprint density at radius 1 is 0.968 bits per heavy atom. The molecule has 0 bridgehead atoms. The van der Waals surface area contributed by atoms with E-state index < -0.39 is 0 Å². The summed E-state index contributed by atoms with van der Waals surface area (Å²) in [6.45, 7) is 12.6. The zero-order valence-electron chi connectivity index (χ0n) is 19.5. The number of rotatable bonds is 8. The number of hydrogen-bond donors (Lipinski definition) is 1. The maximum absolute atomic E-state index is 12.2. The van der Waals surface area contributed by atoms with Crippen molar-refractivity contribution in [3.63, 3.8) is 0 Å². The predicted molar refractivity (Wildman–Crippen MR) is 128 cm³/mol. The van der Waals surface area contributed by atoms with Crippen LogP contribution < -0.4 is 10.1 Å². The fraction of sp³-hybridized carbons (Fsp3) is 0.500. The van der Waals surface area contributed by atoms with E-state index in [1.807, 2.05) is 24.3 Å². The van der Waals surface area contributed by atoms with Crippen LogP contribution in [0.3, 0.4) is 0 Å². The number of benzene rings is 2. The van der Waals surface area contributed by atoms with Gasteiger partial charge in [-0.05, 0) is 54.3 Å². The highest BCUT2D eigenvalue weighted by molar-refractivity contribution is 5.90. The van der Waals surface area contributed by atoms with Crippen LogP contribution in [0.1, 0.15) is 44.7 Å². The first-order chi connectivity index (χ1) is 14.8. The van der Waals surface area contributed by atoms with Gasteiger partial charge >= 0.3 is 0 Å². The number of nitrogens with one attached hydrogen (secondary N) is 1. The van der Waals surface area contributed by atoms with Crippen LogP contribution in [0.15, 0.2) is 48.5 Å². The monoisotopic (exact) mass is 423 g/mol. The summed E-state index contributed by atoms with van der Waals surface area (Å²) in [6.07, 6.45) is 1.14. The maximum Gasteiger partial charge on any atom is 0.224 e. The number of anilines is 1. The summed E-state index contributed by atoms with van der Waals surface area (Å²) in [7, 11) is 2.17. The zero-order chi connectivity index (χ0) is 22.3. The van der Waals surface area contributed by atoms with Crippen LogP contribution in [0.5, 0.6) is 5.75 Å². The average molecular weight is 424 g/mol. The van der Waals surface area contributed by atoms with Gasteiger partial charge in [0.15, 0.2) is 0 Å². The molecule has 0 spiro atoms. The van der Waals surface area contributed by atoms with E-state index in [0.29, 0.717) is 19.4 Å². The van der Waals surface area contributed by atoms with E-state index in [9.17, 15) is 4.79 Å². The number of carbonyl (C=O) groups is 1. The molecule has 168 valence electrons. The first-order valence-corrected chi connectivity index (χ1v) is 11.3. The second kappa shape index (κ2) is 10.8. The fourth-order valence-corrected chi connectivity index (χ4v) is 3.66. The van der Waals surface area contributed by atoms with Crippen LogP contribution in [-0.4, -0.2) is 55.5 Å². The SMILES string of the molecule is CN1CCN(Cc2ccc(NC(=O)CCCOc3ccc(C(C)(C)C)cc3)cc2)CC1. The van der Waals surface area contributed by atoms with Crippen molar-refractivity contribution in [3.8, 4) is 5.75 Å². The molecule has 1 heterocycles. The normalized spacial score (nSPS) is 15.6. The zero-order valence-corrected chi connectivity index (χ0v) is 19.5. The molecule has 0 unspecified atom stereocenters. The lowest BCUT2D eigenvalue weighted by Crippen LogP contribution is -2.43. The van der Waals surface area contributed by atoms with Crippen molar-refractivity contribution in [2.24, 2.45) is 0 Å². The van der Waals surface area contributed by atoms with Crippen molar-refractivity contribution in [3.05, 3.63) is 59.7 Å². The third kappa shape index (κ3) is 7.67. The molecule has 31 heavy (non-hydrogen) atoms. The summed E-state index contributed by atoms with van der Waals surface area (Å²) < 4.78 is 5.78. The summed E-state index contributed by atoms with van der Waals surface area (Å²) in [5.41, 5.74) is 3.56. The number of carbonyl (C=O) groups excluding carboxylic acids is 1. The van der Waals surface area contributed by atoms with Crippen LogP contribution in [0.2, 0.25) is 0 Å². The van der Waals surface area contributed by atoms with E-state index in [4.69, 9.17) is 4.74 Å². The molecule has 2 aromatic carbocycles. The molecule has 2 aromatic rings. The predicted octanol–water partition coefficient (Wildman–Crippen LogP) is 4.53. The molecule has 1 saturated heterocycles. The summed E-state index contributed by atoms with van der Waals surface area (Å²) >= 11 is 0. The first-order valence-electron chi connectivity index (χ1n) is 11.3. The molecule has 0 aliphatic carbocycles. The Labute approximate surface area is 187 Å². The summed E-state index contributed by atoms with van der Waals surface area (Å²) in [5, 5.41) is 2.99. The minimum atomic E-state index is 0.0264. The number of hydrogen-bond acceptors (Lipinski definition) is 4. The lowest BCUT2D eigenvalue weighted by Gasteiger charge is -2.32. The Kier molecular flexibility index (Phi) is 8.10. The lowest BCUT2D eigenvalue weighted by atomic mass is 9.87. The Bertz CT molecular complexity index is 817. The highest BCUT2D eigenvalue weighted by Gasteiger charge is 2.14. The van der Waals surface area contributed by atoms with Crippen LogP contribution in [0, 0.1) is 0 Å².